The predicted octanol–water partition coefficient (Wildman–Crippen LogP) is 7.25. The number of nitrogens with one attached hydrogen (secondary N) is 1. The van der Waals surface area contributed by atoms with Crippen molar-refractivity contribution in [1.82, 2.24) is 5.32 Å². The number of carboxylic acid groups (broad SMARTS) is 1. The minimum Gasteiger partial charge on any atom is -0.477 e. The van der Waals surface area contributed by atoms with Crippen molar-refractivity contribution in [1.29, 1.82) is 0 Å². The first-order valence-electron chi connectivity index (χ1n) is 10.6. The van der Waals surface area contributed by atoms with Crippen molar-refractivity contribution >= 4 is 45.6 Å². The number of halogens is 1. The van der Waals surface area contributed by atoms with Gasteiger partial charge >= 0.3 is 5.97 Å². The van der Waals surface area contributed by atoms with E-state index in [0.717, 1.165) is 14.3 Å². The fourth-order valence-corrected chi connectivity index (χ4v) is 4.48. The molecule has 174 valence electrons. The summed E-state index contributed by atoms with van der Waals surface area (Å²) < 4.78 is 6.67. The molecule has 0 atom stereocenters. The van der Waals surface area contributed by atoms with Gasteiger partial charge in [-0.3, -0.25) is 4.79 Å². The molecule has 0 spiro atoms. The monoisotopic (exact) mass is 545 g/mol. The summed E-state index contributed by atoms with van der Waals surface area (Å²) in [6, 6.07) is 31.2. The van der Waals surface area contributed by atoms with E-state index in [4.69, 9.17) is 4.74 Å². The average molecular weight is 546 g/mol. The van der Waals surface area contributed by atoms with Crippen LogP contribution in [0.25, 0.3) is 6.08 Å². The van der Waals surface area contributed by atoms with Gasteiger partial charge in [-0.25, -0.2) is 4.79 Å². The molecule has 0 saturated heterocycles. The molecule has 0 unspecified atom stereocenters. The summed E-state index contributed by atoms with van der Waals surface area (Å²) in [6.45, 7) is 0. The van der Waals surface area contributed by atoms with E-state index in [-0.39, 0.29) is 5.70 Å². The van der Waals surface area contributed by atoms with Gasteiger partial charge in [0.15, 0.2) is 0 Å². The van der Waals surface area contributed by atoms with Gasteiger partial charge in [-0.2, -0.15) is 0 Å². The Labute approximate surface area is 215 Å². The molecular formula is C28H20BrNO4S. The lowest BCUT2D eigenvalue weighted by atomic mass is 10.1. The maximum atomic E-state index is 13.0. The third kappa shape index (κ3) is 6.62. The molecule has 5 nitrogen and oxygen atoms in total. The third-order valence-electron chi connectivity index (χ3n) is 4.84. The smallest absolute Gasteiger partial charge is 0.352 e. The predicted molar refractivity (Wildman–Crippen MR) is 141 cm³/mol. The summed E-state index contributed by atoms with van der Waals surface area (Å²) in [7, 11) is 0. The van der Waals surface area contributed by atoms with Gasteiger partial charge in [-0.15, -0.1) is 0 Å². The average Bonchev–Trinajstić information content (AvgIpc) is 2.87. The highest BCUT2D eigenvalue weighted by Gasteiger charge is 2.17. The number of carboxylic acids is 1. The highest BCUT2D eigenvalue weighted by atomic mass is 79.9. The molecule has 4 aromatic carbocycles. The zero-order valence-corrected chi connectivity index (χ0v) is 20.8. The molecule has 4 aromatic rings. The van der Waals surface area contributed by atoms with Crippen molar-refractivity contribution < 1.29 is 19.4 Å². The fourth-order valence-electron chi connectivity index (χ4n) is 3.15. The van der Waals surface area contributed by atoms with Crippen LogP contribution in [0.3, 0.4) is 0 Å². The van der Waals surface area contributed by atoms with Gasteiger partial charge in [0.05, 0.1) is 10.0 Å². The second-order valence-electron chi connectivity index (χ2n) is 7.33. The van der Waals surface area contributed by atoms with Crippen molar-refractivity contribution in [3.8, 4) is 11.5 Å². The number of hydrogen-bond acceptors (Lipinski definition) is 4. The van der Waals surface area contributed by atoms with Crippen LogP contribution in [0.4, 0.5) is 0 Å². The van der Waals surface area contributed by atoms with Crippen molar-refractivity contribution in [3.63, 3.8) is 0 Å². The van der Waals surface area contributed by atoms with Crippen LogP contribution in [-0.4, -0.2) is 17.0 Å². The van der Waals surface area contributed by atoms with Gasteiger partial charge in [0, 0.05) is 9.79 Å². The molecule has 1 amide bonds. The van der Waals surface area contributed by atoms with Gasteiger partial charge in [0.1, 0.15) is 17.2 Å². The lowest BCUT2D eigenvalue weighted by Gasteiger charge is -2.11. The fraction of sp³-hybridized carbons (Fsp3) is 0. The van der Waals surface area contributed by atoms with E-state index in [1.165, 1.54) is 17.8 Å². The summed E-state index contributed by atoms with van der Waals surface area (Å²) >= 11 is 4.88. The van der Waals surface area contributed by atoms with E-state index >= 15 is 0 Å². The molecule has 0 aliphatic carbocycles. The van der Waals surface area contributed by atoms with Crippen molar-refractivity contribution in [2.75, 3.05) is 0 Å². The highest BCUT2D eigenvalue weighted by Crippen LogP contribution is 2.31. The van der Waals surface area contributed by atoms with Gasteiger partial charge in [-0.1, -0.05) is 66.4 Å². The number of aliphatic carboxylic acids is 1. The van der Waals surface area contributed by atoms with Crippen LogP contribution in [0.1, 0.15) is 15.9 Å². The Hall–Kier alpha value is -3.81. The van der Waals surface area contributed by atoms with E-state index in [9.17, 15) is 14.7 Å². The molecule has 0 heterocycles. The molecule has 7 heteroatoms. The van der Waals surface area contributed by atoms with Crippen molar-refractivity contribution in [2.45, 2.75) is 9.79 Å². The minimum absolute atomic E-state index is 0.228. The second kappa shape index (κ2) is 11.6. The molecule has 0 fully saturated rings. The van der Waals surface area contributed by atoms with Gasteiger partial charge < -0.3 is 15.2 Å². The highest BCUT2D eigenvalue weighted by molar-refractivity contribution is 9.10. The van der Waals surface area contributed by atoms with Crippen LogP contribution in [0.2, 0.25) is 0 Å². The Morgan fingerprint density at radius 1 is 0.829 bits per heavy atom. The number of para-hydroxylation sites is 1. The third-order valence-corrected chi connectivity index (χ3v) is 6.58. The van der Waals surface area contributed by atoms with Gasteiger partial charge in [0.25, 0.3) is 5.91 Å². The second-order valence-corrected chi connectivity index (χ2v) is 9.30. The normalized spacial score (nSPS) is 11.1. The van der Waals surface area contributed by atoms with Crippen LogP contribution in [-0.2, 0) is 4.79 Å². The van der Waals surface area contributed by atoms with Gasteiger partial charge in [0.2, 0.25) is 0 Å². The Balaban J connectivity index is 1.51. The first-order chi connectivity index (χ1) is 17.0. The van der Waals surface area contributed by atoms with Crippen LogP contribution >= 0.6 is 27.7 Å². The van der Waals surface area contributed by atoms with Crippen LogP contribution in [0.5, 0.6) is 11.5 Å². The summed E-state index contributed by atoms with van der Waals surface area (Å²) in [5.74, 6) is -0.463. The van der Waals surface area contributed by atoms with Crippen molar-refractivity contribution in [2.24, 2.45) is 0 Å². The Morgan fingerprint density at radius 2 is 1.49 bits per heavy atom. The molecule has 0 aliphatic heterocycles. The van der Waals surface area contributed by atoms with E-state index in [2.05, 4.69) is 21.2 Å². The number of benzene rings is 4. The molecule has 0 aliphatic rings. The molecule has 0 aromatic heterocycles. The topological polar surface area (TPSA) is 75.6 Å². The summed E-state index contributed by atoms with van der Waals surface area (Å²) in [5.41, 5.74) is 0.772. The molecule has 0 radical (unpaired) electrons. The lowest BCUT2D eigenvalue weighted by Crippen LogP contribution is -2.27. The van der Waals surface area contributed by atoms with Crippen LogP contribution < -0.4 is 10.1 Å². The van der Waals surface area contributed by atoms with Crippen LogP contribution in [0.15, 0.2) is 123 Å². The SMILES string of the molecule is O=C(O)/C(=C\c1ccc(Oc2ccccc2Br)cc1)NC(=O)c1ccccc1Sc1ccccc1. The zero-order chi connectivity index (χ0) is 24.6. The maximum Gasteiger partial charge on any atom is 0.352 e. The lowest BCUT2D eigenvalue weighted by molar-refractivity contribution is -0.132. The van der Waals surface area contributed by atoms with Gasteiger partial charge in [-0.05, 0) is 76.1 Å². The number of rotatable bonds is 8. The Morgan fingerprint density at radius 3 is 2.20 bits per heavy atom. The van der Waals surface area contributed by atoms with E-state index in [1.54, 1.807) is 36.4 Å². The molecule has 0 saturated carbocycles. The Bertz CT molecular complexity index is 1370. The molecule has 35 heavy (non-hydrogen) atoms. The number of ether oxygens (including phenoxy) is 1. The number of hydrogen-bond donors (Lipinski definition) is 2. The molecule has 4 rings (SSSR count). The quantitative estimate of drug-likeness (QED) is 0.228. The van der Waals surface area contributed by atoms with E-state index in [0.29, 0.717) is 22.6 Å². The standard InChI is InChI=1S/C28H20BrNO4S/c29-23-11-5-6-12-25(23)34-20-16-14-19(15-17-20)18-24(28(32)33)30-27(31)22-10-4-7-13-26(22)35-21-8-2-1-3-9-21/h1-18H,(H,30,31)(H,32,33)/b24-18+. The largest absolute Gasteiger partial charge is 0.477 e. The molecule has 0 bridgehead atoms. The number of amides is 1. The zero-order valence-electron chi connectivity index (χ0n) is 18.4. The van der Waals surface area contributed by atoms with E-state index in [1.807, 2.05) is 66.7 Å². The minimum atomic E-state index is -1.24. The van der Waals surface area contributed by atoms with Crippen molar-refractivity contribution in [3.05, 3.63) is 124 Å². The van der Waals surface area contributed by atoms with E-state index < -0.39 is 11.9 Å². The Kier molecular flexibility index (Phi) is 8.03. The maximum absolute atomic E-state index is 13.0. The first kappa shape index (κ1) is 24.3. The molecule has 2 N–H and O–H groups in total. The summed E-state index contributed by atoms with van der Waals surface area (Å²) in [5, 5.41) is 12.2. The summed E-state index contributed by atoms with van der Waals surface area (Å²) in [4.78, 5) is 26.6. The summed E-state index contributed by atoms with van der Waals surface area (Å²) in [6.07, 6.45) is 1.41. The first-order valence-corrected chi connectivity index (χ1v) is 12.2. The molecular weight excluding hydrogens is 526 g/mol. The van der Waals surface area contributed by atoms with Crippen LogP contribution in [0, 0.1) is 0 Å². The number of carbonyl (C=O) groups is 2. The number of carbonyl (C=O) groups excluding carboxylic acids is 1.